The number of imidazole rings is 1. The molecule has 0 bridgehead atoms. The molecule has 2 heterocycles. The average molecular weight is 409 g/mol. The first-order chi connectivity index (χ1) is 15.0. The lowest BCUT2D eigenvalue weighted by Crippen LogP contribution is -2.11. The molecule has 0 aliphatic heterocycles. The van der Waals surface area contributed by atoms with Crippen molar-refractivity contribution in [2.75, 3.05) is 0 Å². The number of carbonyl (C=O) groups is 1. The molecule has 31 heavy (non-hydrogen) atoms. The van der Waals surface area contributed by atoms with E-state index in [1.807, 2.05) is 12.1 Å². The van der Waals surface area contributed by atoms with Crippen LogP contribution in [0.5, 0.6) is 5.75 Å². The number of carbonyl (C=O) groups excluding carboxylic acids is 1. The van der Waals surface area contributed by atoms with Crippen molar-refractivity contribution in [1.82, 2.24) is 19.5 Å². The molecular formula is C20H11N9O2. The van der Waals surface area contributed by atoms with E-state index in [1.165, 1.54) is 18.5 Å². The van der Waals surface area contributed by atoms with Gasteiger partial charge in [-0.2, -0.15) is 15.5 Å². The van der Waals surface area contributed by atoms with Crippen molar-refractivity contribution >= 4 is 28.3 Å². The number of nitrogens with two attached hydrogens (primary N) is 1. The Morgan fingerprint density at radius 1 is 1.10 bits per heavy atom. The molecular weight excluding hydrogens is 398 g/mol. The second-order valence-corrected chi connectivity index (χ2v) is 6.12. The Morgan fingerprint density at radius 3 is 2.52 bits per heavy atom. The topological polar surface area (TPSA) is 179 Å². The summed E-state index contributed by atoms with van der Waals surface area (Å²) >= 11 is 0. The number of fused-ring (bicyclic) bond motifs is 1. The van der Waals surface area contributed by atoms with Crippen molar-refractivity contribution in [3.05, 3.63) is 65.7 Å². The van der Waals surface area contributed by atoms with E-state index in [-0.39, 0.29) is 34.5 Å². The molecule has 2 aromatic carbocycles. The first-order valence-electron chi connectivity index (χ1n) is 8.71. The third-order valence-corrected chi connectivity index (χ3v) is 4.32. The number of hydrogen-bond acceptors (Lipinski definition) is 9. The Hall–Kier alpha value is -5.16. The van der Waals surface area contributed by atoms with Gasteiger partial charge in [0.05, 0.1) is 5.56 Å². The first kappa shape index (κ1) is 19.2. The third kappa shape index (κ3) is 3.28. The number of rotatable bonds is 4. The predicted molar refractivity (Wildman–Crippen MR) is 107 cm³/mol. The van der Waals surface area contributed by atoms with Crippen molar-refractivity contribution in [3.8, 4) is 23.8 Å². The highest BCUT2D eigenvalue weighted by Gasteiger charge is 2.21. The molecule has 0 aliphatic carbocycles. The van der Waals surface area contributed by atoms with E-state index in [0.29, 0.717) is 10.8 Å². The van der Waals surface area contributed by atoms with Crippen LogP contribution in [-0.2, 0) is 0 Å². The van der Waals surface area contributed by atoms with Crippen molar-refractivity contribution in [2.24, 2.45) is 16.0 Å². The summed E-state index contributed by atoms with van der Waals surface area (Å²) in [4.78, 5) is 24.0. The molecule has 1 amide bonds. The molecule has 0 atom stereocenters. The van der Waals surface area contributed by atoms with E-state index in [4.69, 9.17) is 5.73 Å². The molecule has 4 rings (SSSR count). The van der Waals surface area contributed by atoms with Gasteiger partial charge in [0.15, 0.2) is 17.1 Å². The zero-order chi connectivity index (χ0) is 22.0. The highest BCUT2D eigenvalue weighted by Crippen LogP contribution is 2.37. The van der Waals surface area contributed by atoms with E-state index in [9.17, 15) is 20.4 Å². The summed E-state index contributed by atoms with van der Waals surface area (Å²) in [7, 11) is 0. The van der Waals surface area contributed by atoms with Gasteiger partial charge in [0.25, 0.3) is 11.9 Å². The Bertz CT molecular complexity index is 1440. The van der Waals surface area contributed by atoms with Gasteiger partial charge in [0, 0.05) is 12.4 Å². The molecule has 2 aromatic heterocycles. The number of nitriles is 2. The SMILES string of the molecule is N#Cc1nc(N=Nc2cc3ccccc3c(C(N)=O)c2O)n(-c2ncccn2)c1C#N. The van der Waals surface area contributed by atoms with Crippen LogP contribution in [0.2, 0.25) is 0 Å². The summed E-state index contributed by atoms with van der Waals surface area (Å²) in [6, 6.07) is 13.6. The summed E-state index contributed by atoms with van der Waals surface area (Å²) in [5.41, 5.74) is 4.98. The van der Waals surface area contributed by atoms with Crippen LogP contribution in [0, 0.1) is 22.7 Å². The van der Waals surface area contributed by atoms with Crippen LogP contribution in [0.1, 0.15) is 21.7 Å². The van der Waals surface area contributed by atoms with Gasteiger partial charge in [-0.25, -0.2) is 14.5 Å². The van der Waals surface area contributed by atoms with Crippen LogP contribution in [0.15, 0.2) is 59.0 Å². The van der Waals surface area contributed by atoms with Gasteiger partial charge in [-0.05, 0) is 22.9 Å². The van der Waals surface area contributed by atoms with Crippen LogP contribution in [0.25, 0.3) is 16.7 Å². The standard InChI is InChI=1S/C20H11N9O2/c21-9-14-15(10-22)29(19-24-6-3-7-25-19)20(26-14)28-27-13-8-11-4-1-2-5-12(11)16(17(13)30)18(23)31/h1-8,30H,(H2,23,31). The summed E-state index contributed by atoms with van der Waals surface area (Å²) < 4.78 is 1.16. The van der Waals surface area contributed by atoms with Crippen molar-refractivity contribution in [2.45, 2.75) is 0 Å². The van der Waals surface area contributed by atoms with Gasteiger partial charge < -0.3 is 10.8 Å². The van der Waals surface area contributed by atoms with Crippen molar-refractivity contribution in [1.29, 1.82) is 10.5 Å². The number of aromatic nitrogens is 4. The lowest BCUT2D eigenvalue weighted by atomic mass is 10.0. The fourth-order valence-corrected chi connectivity index (χ4v) is 3.00. The maximum atomic E-state index is 11.9. The molecule has 0 spiro atoms. The van der Waals surface area contributed by atoms with Crippen LogP contribution in [0.4, 0.5) is 11.6 Å². The zero-order valence-electron chi connectivity index (χ0n) is 15.6. The van der Waals surface area contributed by atoms with Crippen molar-refractivity contribution in [3.63, 3.8) is 0 Å². The Labute approximate surface area is 174 Å². The summed E-state index contributed by atoms with van der Waals surface area (Å²) in [5.74, 6) is -1.39. The molecule has 0 radical (unpaired) electrons. The minimum Gasteiger partial charge on any atom is -0.505 e. The molecule has 0 saturated heterocycles. The summed E-state index contributed by atoms with van der Waals surface area (Å²) in [6.45, 7) is 0. The highest BCUT2D eigenvalue weighted by atomic mass is 16.3. The molecule has 0 fully saturated rings. The number of aromatic hydroxyl groups is 1. The number of phenols is 1. The van der Waals surface area contributed by atoms with Gasteiger partial charge in [-0.15, -0.1) is 10.2 Å². The number of nitrogens with zero attached hydrogens (tertiary/aromatic N) is 8. The monoisotopic (exact) mass is 409 g/mol. The molecule has 0 unspecified atom stereocenters. The highest BCUT2D eigenvalue weighted by molar-refractivity contribution is 6.10. The third-order valence-electron chi connectivity index (χ3n) is 4.32. The van der Waals surface area contributed by atoms with E-state index >= 15 is 0 Å². The summed E-state index contributed by atoms with van der Waals surface area (Å²) in [5, 5.41) is 38.4. The fourth-order valence-electron chi connectivity index (χ4n) is 3.00. The van der Waals surface area contributed by atoms with Gasteiger partial charge in [-0.3, -0.25) is 4.79 Å². The van der Waals surface area contributed by atoms with Gasteiger partial charge in [-0.1, -0.05) is 24.3 Å². The average Bonchev–Trinajstić information content (AvgIpc) is 3.15. The van der Waals surface area contributed by atoms with E-state index in [2.05, 4.69) is 25.2 Å². The maximum Gasteiger partial charge on any atom is 0.258 e. The molecule has 0 aliphatic rings. The number of hydrogen-bond donors (Lipinski definition) is 2. The lowest BCUT2D eigenvalue weighted by molar-refractivity contribution is 0.0999. The molecule has 4 aromatic rings. The number of primary amides is 1. The summed E-state index contributed by atoms with van der Waals surface area (Å²) in [6.07, 6.45) is 2.90. The second kappa shape index (κ2) is 7.69. The largest absolute Gasteiger partial charge is 0.505 e. The van der Waals surface area contributed by atoms with E-state index < -0.39 is 11.7 Å². The van der Waals surface area contributed by atoms with Crippen LogP contribution >= 0.6 is 0 Å². The molecule has 3 N–H and O–H groups in total. The van der Waals surface area contributed by atoms with E-state index in [0.717, 1.165) is 4.57 Å². The maximum absolute atomic E-state index is 11.9. The predicted octanol–water partition coefficient (Wildman–Crippen LogP) is 2.78. The zero-order valence-corrected chi connectivity index (χ0v) is 15.6. The van der Waals surface area contributed by atoms with Crippen LogP contribution in [0.3, 0.4) is 0 Å². The van der Waals surface area contributed by atoms with E-state index in [1.54, 1.807) is 30.3 Å². The fraction of sp³-hybridized carbons (Fsp3) is 0. The van der Waals surface area contributed by atoms with Crippen LogP contribution in [-0.4, -0.2) is 30.5 Å². The Kier molecular flexibility index (Phi) is 4.76. The minimum atomic E-state index is -0.830. The molecule has 148 valence electrons. The number of azo groups is 1. The van der Waals surface area contributed by atoms with Gasteiger partial charge in [0.1, 0.15) is 17.8 Å². The Morgan fingerprint density at radius 2 is 1.84 bits per heavy atom. The van der Waals surface area contributed by atoms with Gasteiger partial charge in [0.2, 0.25) is 5.95 Å². The van der Waals surface area contributed by atoms with Crippen molar-refractivity contribution < 1.29 is 9.90 Å². The Balaban J connectivity index is 1.91. The molecule has 0 saturated carbocycles. The quantitative estimate of drug-likeness (QED) is 0.486. The number of amides is 1. The normalized spacial score (nSPS) is 10.8. The minimum absolute atomic E-state index is 0.0481. The second-order valence-electron chi connectivity index (χ2n) is 6.12. The lowest BCUT2D eigenvalue weighted by Gasteiger charge is -2.08. The van der Waals surface area contributed by atoms with Crippen LogP contribution < -0.4 is 5.73 Å². The molecule has 11 heteroatoms. The number of benzene rings is 2. The molecule has 11 nitrogen and oxygen atoms in total. The smallest absolute Gasteiger partial charge is 0.258 e. The van der Waals surface area contributed by atoms with Gasteiger partial charge >= 0.3 is 0 Å². The first-order valence-corrected chi connectivity index (χ1v) is 8.71.